The van der Waals surface area contributed by atoms with Gasteiger partial charge in [0, 0.05) is 12.6 Å². The summed E-state index contributed by atoms with van der Waals surface area (Å²) >= 11 is 9.14. The van der Waals surface area contributed by atoms with Crippen LogP contribution in [0.3, 0.4) is 0 Å². The van der Waals surface area contributed by atoms with Crippen molar-refractivity contribution in [2.24, 2.45) is 5.92 Å². The molecule has 2 rings (SSSR count). The molecule has 1 saturated heterocycles. The Balaban J connectivity index is 2.43. The summed E-state index contributed by atoms with van der Waals surface area (Å²) in [6.45, 7) is 1.94. The molecular weight excluding hydrogens is 382 g/mol. The molecule has 1 aliphatic rings. The van der Waals surface area contributed by atoms with E-state index in [4.69, 9.17) is 11.6 Å². The number of carbonyl (C=O) groups is 1. The van der Waals surface area contributed by atoms with Gasteiger partial charge >= 0.3 is 5.97 Å². The van der Waals surface area contributed by atoms with Crippen molar-refractivity contribution in [2.45, 2.75) is 30.7 Å². The molecule has 0 spiro atoms. The summed E-state index contributed by atoms with van der Waals surface area (Å²) in [6.07, 6.45) is 1.01. The molecule has 0 amide bonds. The van der Waals surface area contributed by atoms with Crippen LogP contribution in [0.2, 0.25) is 5.02 Å². The van der Waals surface area contributed by atoms with Gasteiger partial charge in [0.2, 0.25) is 10.0 Å². The van der Waals surface area contributed by atoms with Gasteiger partial charge in [-0.2, -0.15) is 4.31 Å². The van der Waals surface area contributed by atoms with Gasteiger partial charge < -0.3 is 5.11 Å². The van der Waals surface area contributed by atoms with E-state index in [-0.39, 0.29) is 4.90 Å². The zero-order valence-electron chi connectivity index (χ0n) is 11.3. The lowest BCUT2D eigenvalue weighted by molar-refractivity contribution is -0.144. The Hall–Kier alpha value is -0.630. The summed E-state index contributed by atoms with van der Waals surface area (Å²) in [7, 11) is -3.79. The molecule has 0 bridgehead atoms. The van der Waals surface area contributed by atoms with E-state index in [0.29, 0.717) is 28.9 Å². The zero-order valence-corrected chi connectivity index (χ0v) is 14.4. The molecule has 0 aliphatic carbocycles. The van der Waals surface area contributed by atoms with Gasteiger partial charge in [0.15, 0.2) is 0 Å². The summed E-state index contributed by atoms with van der Waals surface area (Å²) in [5, 5.41) is 9.51. The predicted octanol–water partition coefficient (Wildman–Crippen LogP) is 2.98. The Bertz CT molecular complexity index is 664. The van der Waals surface area contributed by atoms with Crippen LogP contribution in [0.25, 0.3) is 0 Å². The number of piperidine rings is 1. The van der Waals surface area contributed by atoms with Gasteiger partial charge in [0.05, 0.1) is 20.3 Å². The van der Waals surface area contributed by atoms with Crippen LogP contribution in [0.1, 0.15) is 19.8 Å². The van der Waals surface area contributed by atoms with Crippen LogP contribution >= 0.6 is 27.5 Å². The van der Waals surface area contributed by atoms with E-state index in [1.807, 2.05) is 0 Å². The first kappa shape index (κ1) is 16.7. The van der Waals surface area contributed by atoms with Crippen LogP contribution < -0.4 is 0 Å². The van der Waals surface area contributed by atoms with E-state index < -0.39 is 28.0 Å². The number of sulfonamides is 1. The number of hydrogen-bond donors (Lipinski definition) is 1. The first-order valence-corrected chi connectivity index (χ1v) is 9.06. The first-order chi connectivity index (χ1) is 9.76. The van der Waals surface area contributed by atoms with E-state index in [1.54, 1.807) is 19.1 Å². The number of hydrogen-bond acceptors (Lipinski definition) is 3. The van der Waals surface area contributed by atoms with Gasteiger partial charge in [0.1, 0.15) is 0 Å². The highest BCUT2D eigenvalue weighted by atomic mass is 79.9. The second kappa shape index (κ2) is 6.24. The number of halogens is 2. The molecule has 0 unspecified atom stereocenters. The van der Waals surface area contributed by atoms with Crippen molar-refractivity contribution in [3.8, 4) is 0 Å². The van der Waals surface area contributed by atoms with Gasteiger partial charge in [-0.05, 0) is 47.8 Å². The summed E-state index contributed by atoms with van der Waals surface area (Å²) in [5.74, 6) is -1.65. The summed E-state index contributed by atoms with van der Waals surface area (Å²) in [4.78, 5) is 11.3. The minimum atomic E-state index is -3.79. The maximum atomic E-state index is 12.8. The van der Waals surface area contributed by atoms with Crippen molar-refractivity contribution in [3.05, 3.63) is 27.7 Å². The molecule has 8 heteroatoms. The third-order valence-electron chi connectivity index (χ3n) is 3.75. The van der Waals surface area contributed by atoms with Gasteiger partial charge in [-0.1, -0.05) is 17.7 Å². The molecule has 0 saturated carbocycles. The van der Waals surface area contributed by atoms with Crippen molar-refractivity contribution in [1.82, 2.24) is 4.31 Å². The maximum Gasteiger partial charge on any atom is 0.308 e. The largest absolute Gasteiger partial charge is 0.481 e. The van der Waals surface area contributed by atoms with Crippen LogP contribution in [-0.2, 0) is 14.8 Å². The third-order valence-corrected chi connectivity index (χ3v) is 7.44. The molecule has 1 aromatic rings. The van der Waals surface area contributed by atoms with E-state index >= 15 is 0 Å². The predicted molar refractivity (Wildman–Crippen MR) is 82.9 cm³/mol. The number of benzene rings is 1. The Labute approximate surface area is 137 Å². The number of aliphatic carboxylic acids is 1. The summed E-state index contributed by atoms with van der Waals surface area (Å²) < 4.78 is 27.1. The van der Waals surface area contributed by atoms with Crippen molar-refractivity contribution >= 4 is 43.5 Å². The van der Waals surface area contributed by atoms with Gasteiger partial charge in [-0.3, -0.25) is 4.79 Å². The lowest BCUT2D eigenvalue weighted by Crippen LogP contribution is -2.49. The second-order valence-electron chi connectivity index (χ2n) is 5.00. The van der Waals surface area contributed by atoms with Crippen LogP contribution in [0.4, 0.5) is 0 Å². The van der Waals surface area contributed by atoms with Gasteiger partial charge in [0.25, 0.3) is 0 Å². The minimum Gasteiger partial charge on any atom is -0.481 e. The minimum absolute atomic E-state index is 0.0629. The molecule has 0 aromatic heterocycles. The van der Waals surface area contributed by atoms with Crippen LogP contribution in [-0.4, -0.2) is 36.4 Å². The Kier molecular flexibility index (Phi) is 4.97. The fraction of sp³-hybridized carbons (Fsp3) is 0.462. The standard InChI is InChI=1S/C13H15BrClNO4S/c1-8-9(13(17)18)4-3-7-16(8)21(19,20)11-6-2-5-10(15)12(11)14/h2,5-6,8-9H,3-4,7H2,1H3,(H,17,18)/t8-,9-/m1/s1. The zero-order chi connectivity index (χ0) is 15.8. The fourth-order valence-electron chi connectivity index (χ4n) is 2.59. The van der Waals surface area contributed by atoms with Crippen molar-refractivity contribution in [2.75, 3.05) is 6.54 Å². The molecule has 116 valence electrons. The molecule has 1 heterocycles. The maximum absolute atomic E-state index is 12.8. The molecule has 5 nitrogen and oxygen atoms in total. The van der Waals surface area contributed by atoms with Crippen LogP contribution in [0, 0.1) is 5.92 Å². The van der Waals surface area contributed by atoms with Gasteiger partial charge in [-0.25, -0.2) is 8.42 Å². The summed E-state index contributed by atoms with van der Waals surface area (Å²) in [5.41, 5.74) is 0. The number of carboxylic acids is 1. The quantitative estimate of drug-likeness (QED) is 0.852. The van der Waals surface area contributed by atoms with Crippen molar-refractivity contribution in [1.29, 1.82) is 0 Å². The molecule has 21 heavy (non-hydrogen) atoms. The lowest BCUT2D eigenvalue weighted by Gasteiger charge is -2.36. The molecule has 1 fully saturated rings. The van der Waals surface area contributed by atoms with E-state index in [0.717, 1.165) is 0 Å². The average molecular weight is 397 g/mol. The van der Waals surface area contributed by atoms with Crippen molar-refractivity contribution in [3.63, 3.8) is 0 Å². The third kappa shape index (κ3) is 3.11. The molecular formula is C13H15BrClNO4S. The topological polar surface area (TPSA) is 74.7 Å². The average Bonchev–Trinajstić information content (AvgIpc) is 2.41. The fourth-order valence-corrected chi connectivity index (χ4v) is 5.49. The smallest absolute Gasteiger partial charge is 0.308 e. The first-order valence-electron chi connectivity index (χ1n) is 6.45. The van der Waals surface area contributed by atoms with Gasteiger partial charge in [-0.15, -0.1) is 0 Å². The molecule has 0 radical (unpaired) electrons. The summed E-state index contributed by atoms with van der Waals surface area (Å²) in [6, 6.07) is 4.02. The lowest BCUT2D eigenvalue weighted by atomic mass is 9.92. The monoisotopic (exact) mass is 395 g/mol. The molecule has 1 aromatic carbocycles. The Morgan fingerprint density at radius 2 is 2.14 bits per heavy atom. The number of carboxylic acid groups (broad SMARTS) is 1. The highest BCUT2D eigenvalue weighted by Crippen LogP contribution is 2.35. The highest BCUT2D eigenvalue weighted by molar-refractivity contribution is 9.10. The van der Waals surface area contributed by atoms with E-state index in [2.05, 4.69) is 15.9 Å². The van der Waals surface area contributed by atoms with Crippen molar-refractivity contribution < 1.29 is 18.3 Å². The SMILES string of the molecule is C[C@@H]1[C@H](C(=O)O)CCCN1S(=O)(=O)c1cccc(Cl)c1Br. The number of rotatable bonds is 3. The highest BCUT2D eigenvalue weighted by Gasteiger charge is 2.40. The second-order valence-corrected chi connectivity index (χ2v) is 8.05. The molecule has 2 atom stereocenters. The number of nitrogens with zero attached hydrogens (tertiary/aromatic N) is 1. The van der Waals surface area contributed by atoms with E-state index in [9.17, 15) is 18.3 Å². The Morgan fingerprint density at radius 1 is 1.48 bits per heavy atom. The van der Waals surface area contributed by atoms with E-state index in [1.165, 1.54) is 10.4 Å². The van der Waals surface area contributed by atoms with Crippen LogP contribution in [0.5, 0.6) is 0 Å². The molecule has 1 N–H and O–H groups in total. The Morgan fingerprint density at radius 3 is 2.76 bits per heavy atom. The molecule has 1 aliphatic heterocycles. The van der Waals surface area contributed by atoms with Crippen LogP contribution in [0.15, 0.2) is 27.6 Å². The normalized spacial score (nSPS) is 24.0.